The topological polar surface area (TPSA) is 92.5 Å². The Morgan fingerprint density at radius 2 is 1.75 bits per heavy atom. The van der Waals surface area contributed by atoms with Crippen LogP contribution in [0.15, 0.2) is 24.3 Å². The van der Waals surface area contributed by atoms with Crippen LogP contribution >= 0.6 is 0 Å². The Balaban J connectivity index is 1.79. The van der Waals surface area contributed by atoms with Crippen LogP contribution in [0.25, 0.3) is 0 Å². The number of benzene rings is 1. The smallest absolute Gasteiger partial charge is 0.293 e. The van der Waals surface area contributed by atoms with E-state index in [0.29, 0.717) is 37.4 Å². The van der Waals surface area contributed by atoms with Crippen molar-refractivity contribution < 1.29 is 9.72 Å². The summed E-state index contributed by atoms with van der Waals surface area (Å²) in [7, 11) is 0. The maximum atomic E-state index is 11.6. The molecule has 1 fully saturated rings. The minimum atomic E-state index is -0.420. The number of hydrogen-bond donors (Lipinski definition) is 0. The lowest BCUT2D eigenvalue weighted by Crippen LogP contribution is -2.47. The highest BCUT2D eigenvalue weighted by Gasteiger charge is 2.25. The molecule has 0 aliphatic carbocycles. The number of ketones is 1. The zero-order chi connectivity index (χ0) is 20.4. The van der Waals surface area contributed by atoms with Gasteiger partial charge in [0, 0.05) is 55.5 Å². The monoisotopic (exact) mass is 383 g/mol. The largest absolute Gasteiger partial charge is 0.362 e. The van der Waals surface area contributed by atoms with Crippen LogP contribution in [0.3, 0.4) is 0 Å². The number of carbonyl (C=O) groups excluding carboxylic acids is 1. The van der Waals surface area contributed by atoms with E-state index in [1.54, 1.807) is 12.1 Å². The summed E-state index contributed by atoms with van der Waals surface area (Å²) >= 11 is 0. The molecule has 2 aromatic rings. The van der Waals surface area contributed by atoms with Crippen molar-refractivity contribution in [2.75, 3.05) is 36.0 Å². The van der Waals surface area contributed by atoms with Gasteiger partial charge in [-0.15, -0.1) is 0 Å². The molecule has 0 spiro atoms. The minimum Gasteiger partial charge on any atom is -0.362 e. The van der Waals surface area contributed by atoms with E-state index in [1.807, 2.05) is 17.9 Å². The number of nitrogens with zero attached hydrogens (tertiary/aromatic N) is 5. The van der Waals surface area contributed by atoms with E-state index >= 15 is 0 Å². The number of aromatic nitrogens is 2. The summed E-state index contributed by atoms with van der Waals surface area (Å²) in [6.45, 7) is 10.2. The first-order valence-electron chi connectivity index (χ1n) is 9.41. The highest BCUT2D eigenvalue weighted by Crippen LogP contribution is 2.31. The molecule has 0 saturated carbocycles. The van der Waals surface area contributed by atoms with E-state index < -0.39 is 4.92 Å². The minimum absolute atomic E-state index is 0.0267. The molecule has 2 heterocycles. The summed E-state index contributed by atoms with van der Waals surface area (Å²) in [6, 6.07) is 6.67. The molecule has 8 nitrogen and oxygen atoms in total. The van der Waals surface area contributed by atoms with Crippen molar-refractivity contribution in [3.63, 3.8) is 0 Å². The van der Waals surface area contributed by atoms with Gasteiger partial charge in [-0.1, -0.05) is 13.8 Å². The van der Waals surface area contributed by atoms with Crippen molar-refractivity contribution in [3.8, 4) is 0 Å². The molecule has 0 radical (unpaired) electrons. The Kier molecular flexibility index (Phi) is 5.58. The highest BCUT2D eigenvalue weighted by atomic mass is 16.6. The van der Waals surface area contributed by atoms with Gasteiger partial charge < -0.3 is 9.80 Å². The number of piperazine rings is 1. The summed E-state index contributed by atoms with van der Waals surface area (Å²) in [5.74, 6) is 1.80. The van der Waals surface area contributed by atoms with Gasteiger partial charge in [0.25, 0.3) is 5.69 Å². The van der Waals surface area contributed by atoms with E-state index in [4.69, 9.17) is 0 Å². The van der Waals surface area contributed by atoms with E-state index in [1.165, 1.54) is 13.0 Å². The zero-order valence-electron chi connectivity index (χ0n) is 16.7. The summed E-state index contributed by atoms with van der Waals surface area (Å²) in [6.07, 6.45) is 0. The van der Waals surface area contributed by atoms with Crippen LogP contribution < -0.4 is 9.80 Å². The molecule has 8 heteroatoms. The second-order valence-corrected chi connectivity index (χ2v) is 7.37. The third kappa shape index (κ3) is 4.11. The third-order valence-corrected chi connectivity index (χ3v) is 4.90. The molecule has 1 saturated heterocycles. The van der Waals surface area contributed by atoms with Crippen LogP contribution in [0.5, 0.6) is 0 Å². The first kappa shape index (κ1) is 19.7. The molecule has 0 atom stereocenters. The fourth-order valence-corrected chi connectivity index (χ4v) is 3.33. The zero-order valence-corrected chi connectivity index (χ0v) is 16.7. The SMILES string of the molecule is CC(=O)c1ccc(N2CCN(c3cc(C)nc(C(C)C)n3)CC2)c([N+](=O)[O-])c1. The molecule has 1 aliphatic heterocycles. The maximum Gasteiger partial charge on any atom is 0.293 e. The van der Waals surface area contributed by atoms with Crippen molar-refractivity contribution >= 4 is 23.0 Å². The number of hydrogen-bond acceptors (Lipinski definition) is 7. The van der Waals surface area contributed by atoms with Crippen molar-refractivity contribution in [1.29, 1.82) is 0 Å². The molecule has 1 aromatic carbocycles. The van der Waals surface area contributed by atoms with Gasteiger partial charge >= 0.3 is 0 Å². The van der Waals surface area contributed by atoms with Gasteiger partial charge in [-0.25, -0.2) is 9.97 Å². The van der Waals surface area contributed by atoms with Crippen LogP contribution in [0, 0.1) is 17.0 Å². The van der Waals surface area contributed by atoms with Gasteiger partial charge in [0.1, 0.15) is 17.3 Å². The Hall–Kier alpha value is -3.03. The van der Waals surface area contributed by atoms with Gasteiger partial charge in [-0.2, -0.15) is 0 Å². The summed E-state index contributed by atoms with van der Waals surface area (Å²) in [5.41, 5.74) is 1.82. The summed E-state index contributed by atoms with van der Waals surface area (Å²) in [4.78, 5) is 36.0. The van der Waals surface area contributed by atoms with E-state index in [0.717, 1.165) is 17.3 Å². The fraction of sp³-hybridized carbons (Fsp3) is 0.450. The number of aryl methyl sites for hydroxylation is 1. The number of rotatable bonds is 5. The molecule has 3 rings (SSSR count). The molecular formula is C20H25N5O3. The van der Waals surface area contributed by atoms with Crippen LogP contribution in [0.4, 0.5) is 17.2 Å². The van der Waals surface area contributed by atoms with Crippen molar-refractivity contribution in [1.82, 2.24) is 9.97 Å². The van der Waals surface area contributed by atoms with E-state index in [9.17, 15) is 14.9 Å². The summed E-state index contributed by atoms with van der Waals surface area (Å²) < 4.78 is 0. The average Bonchev–Trinajstić information content (AvgIpc) is 2.67. The highest BCUT2D eigenvalue weighted by molar-refractivity contribution is 5.95. The Labute approximate surface area is 164 Å². The van der Waals surface area contributed by atoms with E-state index in [-0.39, 0.29) is 17.4 Å². The quantitative estimate of drug-likeness (QED) is 0.444. The fourth-order valence-electron chi connectivity index (χ4n) is 3.33. The van der Waals surface area contributed by atoms with Crippen LogP contribution in [0.1, 0.15) is 48.6 Å². The van der Waals surface area contributed by atoms with Crippen molar-refractivity contribution in [3.05, 3.63) is 51.5 Å². The molecular weight excluding hydrogens is 358 g/mol. The van der Waals surface area contributed by atoms with Crippen LogP contribution in [0.2, 0.25) is 0 Å². The predicted molar refractivity (Wildman–Crippen MR) is 108 cm³/mol. The van der Waals surface area contributed by atoms with Gasteiger partial charge in [-0.05, 0) is 26.0 Å². The van der Waals surface area contributed by atoms with Gasteiger partial charge in [0.05, 0.1) is 4.92 Å². The maximum absolute atomic E-state index is 11.6. The lowest BCUT2D eigenvalue weighted by atomic mass is 10.1. The number of Topliss-reactive ketones (excluding diaryl/α,β-unsaturated/α-hetero) is 1. The lowest BCUT2D eigenvalue weighted by molar-refractivity contribution is -0.384. The second-order valence-electron chi connectivity index (χ2n) is 7.37. The second kappa shape index (κ2) is 7.92. The Morgan fingerprint density at radius 3 is 2.32 bits per heavy atom. The van der Waals surface area contributed by atoms with Crippen LogP contribution in [-0.4, -0.2) is 46.9 Å². The Morgan fingerprint density at radius 1 is 1.11 bits per heavy atom. The molecule has 1 aromatic heterocycles. The standard InChI is InChI=1S/C20H25N5O3/c1-13(2)20-21-14(3)11-19(22-20)24-9-7-23(8-10-24)17-6-5-16(15(4)26)12-18(17)25(27)28/h5-6,11-13H,7-10H2,1-4H3. The first-order chi connectivity index (χ1) is 13.3. The number of nitro benzene ring substituents is 1. The third-order valence-electron chi connectivity index (χ3n) is 4.90. The summed E-state index contributed by atoms with van der Waals surface area (Å²) in [5, 5.41) is 11.5. The molecule has 0 N–H and O–H groups in total. The average molecular weight is 383 g/mol. The van der Waals surface area contributed by atoms with Gasteiger partial charge in [0.15, 0.2) is 5.78 Å². The van der Waals surface area contributed by atoms with Crippen molar-refractivity contribution in [2.24, 2.45) is 0 Å². The number of carbonyl (C=O) groups is 1. The first-order valence-corrected chi connectivity index (χ1v) is 9.41. The lowest BCUT2D eigenvalue weighted by Gasteiger charge is -2.36. The van der Waals surface area contributed by atoms with Crippen molar-refractivity contribution in [2.45, 2.75) is 33.6 Å². The van der Waals surface area contributed by atoms with Gasteiger partial charge in [0.2, 0.25) is 0 Å². The normalized spacial score (nSPS) is 14.5. The van der Waals surface area contributed by atoms with E-state index in [2.05, 4.69) is 28.7 Å². The number of nitro groups is 1. The molecule has 28 heavy (non-hydrogen) atoms. The number of anilines is 2. The van der Waals surface area contributed by atoms with Gasteiger partial charge in [-0.3, -0.25) is 14.9 Å². The molecule has 148 valence electrons. The Bertz CT molecular complexity index is 905. The molecule has 0 bridgehead atoms. The molecule has 0 amide bonds. The van der Waals surface area contributed by atoms with Crippen LogP contribution in [-0.2, 0) is 0 Å². The molecule has 1 aliphatic rings. The predicted octanol–water partition coefficient (Wildman–Crippen LogP) is 3.35. The molecule has 0 unspecified atom stereocenters.